The van der Waals surface area contributed by atoms with Crippen LogP contribution in [0.2, 0.25) is 0 Å². The molecule has 0 unspecified atom stereocenters. The lowest BCUT2D eigenvalue weighted by Gasteiger charge is -2.34. The van der Waals surface area contributed by atoms with Gasteiger partial charge in [0.05, 0.1) is 5.60 Å². The standard InChI is InChI=1S/C10H21NO2/c1-10(2,13)8-11-5-3-9(7-12)4-6-11/h9,12-13H,3-8H2,1-2H3. The van der Waals surface area contributed by atoms with E-state index in [0.29, 0.717) is 12.5 Å². The molecule has 0 amide bonds. The first-order valence-electron chi connectivity index (χ1n) is 5.07. The molecule has 0 aromatic carbocycles. The smallest absolute Gasteiger partial charge is 0.0718 e. The Hall–Kier alpha value is -0.120. The third-order valence-corrected chi connectivity index (χ3v) is 2.58. The van der Waals surface area contributed by atoms with Crippen LogP contribution in [0.15, 0.2) is 0 Å². The molecular weight excluding hydrogens is 166 g/mol. The molecule has 3 heteroatoms. The van der Waals surface area contributed by atoms with Gasteiger partial charge in [0.2, 0.25) is 0 Å². The van der Waals surface area contributed by atoms with E-state index in [4.69, 9.17) is 5.11 Å². The van der Waals surface area contributed by atoms with Crippen molar-refractivity contribution in [2.24, 2.45) is 5.92 Å². The van der Waals surface area contributed by atoms with E-state index in [1.54, 1.807) is 0 Å². The Morgan fingerprint density at radius 2 is 1.85 bits per heavy atom. The first kappa shape index (κ1) is 11.0. The van der Waals surface area contributed by atoms with Crippen LogP contribution in [0.3, 0.4) is 0 Å². The molecule has 78 valence electrons. The van der Waals surface area contributed by atoms with E-state index in [1.807, 2.05) is 13.8 Å². The summed E-state index contributed by atoms with van der Waals surface area (Å²) < 4.78 is 0. The fraction of sp³-hybridized carbons (Fsp3) is 1.00. The fourth-order valence-corrected chi connectivity index (χ4v) is 1.87. The molecule has 1 heterocycles. The Morgan fingerprint density at radius 1 is 1.31 bits per heavy atom. The summed E-state index contributed by atoms with van der Waals surface area (Å²) in [5.74, 6) is 0.484. The van der Waals surface area contributed by atoms with E-state index in [0.717, 1.165) is 32.5 Å². The molecule has 0 saturated carbocycles. The Labute approximate surface area is 80.4 Å². The fourth-order valence-electron chi connectivity index (χ4n) is 1.87. The normalized spacial score (nSPS) is 22.2. The number of nitrogens with zero attached hydrogens (tertiary/aromatic N) is 1. The van der Waals surface area contributed by atoms with E-state index >= 15 is 0 Å². The second-order valence-corrected chi connectivity index (χ2v) is 4.71. The number of hydrogen-bond acceptors (Lipinski definition) is 3. The molecule has 0 aromatic rings. The van der Waals surface area contributed by atoms with Gasteiger partial charge in [-0.3, -0.25) is 0 Å². The zero-order valence-corrected chi connectivity index (χ0v) is 8.66. The summed E-state index contributed by atoms with van der Waals surface area (Å²) in [5.41, 5.74) is -0.591. The van der Waals surface area contributed by atoms with Crippen LogP contribution in [0.25, 0.3) is 0 Å². The van der Waals surface area contributed by atoms with Gasteiger partial charge in [0, 0.05) is 13.2 Å². The maximum atomic E-state index is 9.60. The lowest BCUT2D eigenvalue weighted by molar-refractivity contribution is 0.0203. The van der Waals surface area contributed by atoms with Crippen LogP contribution in [0, 0.1) is 5.92 Å². The Balaban J connectivity index is 2.25. The zero-order valence-electron chi connectivity index (χ0n) is 8.66. The highest BCUT2D eigenvalue weighted by Gasteiger charge is 2.23. The molecule has 1 aliphatic heterocycles. The number of aliphatic hydroxyl groups is 2. The quantitative estimate of drug-likeness (QED) is 0.674. The van der Waals surface area contributed by atoms with E-state index < -0.39 is 5.60 Å². The summed E-state index contributed by atoms with van der Waals surface area (Å²) in [7, 11) is 0. The third-order valence-electron chi connectivity index (χ3n) is 2.58. The van der Waals surface area contributed by atoms with Gasteiger partial charge < -0.3 is 15.1 Å². The maximum Gasteiger partial charge on any atom is 0.0718 e. The van der Waals surface area contributed by atoms with Crippen LogP contribution in [0.1, 0.15) is 26.7 Å². The number of piperidine rings is 1. The SMILES string of the molecule is CC(C)(O)CN1CCC(CO)CC1. The summed E-state index contributed by atoms with van der Waals surface area (Å²) >= 11 is 0. The lowest BCUT2D eigenvalue weighted by Crippen LogP contribution is -2.43. The predicted octanol–water partition coefficient (Wildman–Crippen LogP) is 0.462. The van der Waals surface area contributed by atoms with E-state index in [9.17, 15) is 5.11 Å². The molecule has 0 aromatic heterocycles. The van der Waals surface area contributed by atoms with Crippen molar-refractivity contribution in [2.45, 2.75) is 32.3 Å². The van der Waals surface area contributed by atoms with Crippen LogP contribution in [0.4, 0.5) is 0 Å². The van der Waals surface area contributed by atoms with E-state index in [2.05, 4.69) is 4.90 Å². The van der Waals surface area contributed by atoms with Crippen molar-refractivity contribution in [2.75, 3.05) is 26.2 Å². The van der Waals surface area contributed by atoms with Crippen LogP contribution >= 0.6 is 0 Å². The van der Waals surface area contributed by atoms with Gasteiger partial charge >= 0.3 is 0 Å². The molecule has 0 atom stereocenters. The molecule has 3 nitrogen and oxygen atoms in total. The summed E-state index contributed by atoms with van der Waals surface area (Å²) in [6.07, 6.45) is 2.12. The van der Waals surface area contributed by atoms with Crippen molar-refractivity contribution < 1.29 is 10.2 Å². The number of rotatable bonds is 3. The summed E-state index contributed by atoms with van der Waals surface area (Å²) in [5, 5.41) is 18.5. The topological polar surface area (TPSA) is 43.7 Å². The van der Waals surface area contributed by atoms with Gasteiger partial charge in [0.1, 0.15) is 0 Å². The molecule has 13 heavy (non-hydrogen) atoms. The molecule has 0 radical (unpaired) electrons. The molecule has 1 aliphatic rings. The van der Waals surface area contributed by atoms with E-state index in [-0.39, 0.29) is 0 Å². The second-order valence-electron chi connectivity index (χ2n) is 4.71. The number of hydrogen-bond donors (Lipinski definition) is 2. The molecule has 2 N–H and O–H groups in total. The monoisotopic (exact) mass is 187 g/mol. The molecule has 1 fully saturated rings. The van der Waals surface area contributed by atoms with Gasteiger partial charge in [0.25, 0.3) is 0 Å². The highest BCUT2D eigenvalue weighted by atomic mass is 16.3. The summed E-state index contributed by atoms with van der Waals surface area (Å²) in [4.78, 5) is 2.27. The number of β-amino-alcohol motifs (C(OH)–C–C–N with tert-alkyl or cyclic N) is 1. The van der Waals surface area contributed by atoms with Crippen molar-refractivity contribution in [3.05, 3.63) is 0 Å². The van der Waals surface area contributed by atoms with E-state index in [1.165, 1.54) is 0 Å². The lowest BCUT2D eigenvalue weighted by atomic mass is 9.97. The molecule has 0 spiro atoms. The summed E-state index contributed by atoms with van der Waals surface area (Å²) in [6.45, 7) is 6.75. The first-order valence-corrected chi connectivity index (χ1v) is 5.07. The van der Waals surface area contributed by atoms with Crippen molar-refractivity contribution in [3.8, 4) is 0 Å². The minimum Gasteiger partial charge on any atom is -0.396 e. The average molecular weight is 187 g/mol. The number of aliphatic hydroxyl groups excluding tert-OH is 1. The van der Waals surface area contributed by atoms with Gasteiger partial charge in [-0.15, -0.1) is 0 Å². The van der Waals surface area contributed by atoms with Crippen molar-refractivity contribution in [1.29, 1.82) is 0 Å². The second kappa shape index (κ2) is 4.40. The molecule has 1 saturated heterocycles. The van der Waals surface area contributed by atoms with Crippen molar-refractivity contribution >= 4 is 0 Å². The molecule has 0 aliphatic carbocycles. The highest BCUT2D eigenvalue weighted by Crippen LogP contribution is 2.18. The van der Waals surface area contributed by atoms with Gasteiger partial charge in [-0.25, -0.2) is 0 Å². The van der Waals surface area contributed by atoms with Gasteiger partial charge in [-0.2, -0.15) is 0 Å². The Morgan fingerprint density at radius 3 is 2.23 bits per heavy atom. The Kier molecular flexibility index (Phi) is 3.71. The van der Waals surface area contributed by atoms with Crippen LogP contribution in [-0.4, -0.2) is 47.0 Å². The Bertz CT molecular complexity index is 145. The van der Waals surface area contributed by atoms with Gasteiger partial charge in [0.15, 0.2) is 0 Å². The van der Waals surface area contributed by atoms with Crippen LogP contribution < -0.4 is 0 Å². The molecule has 1 rings (SSSR count). The van der Waals surface area contributed by atoms with Gasteiger partial charge in [-0.05, 0) is 45.7 Å². The minimum atomic E-state index is -0.591. The highest BCUT2D eigenvalue weighted by molar-refractivity contribution is 4.77. The summed E-state index contributed by atoms with van der Waals surface area (Å²) in [6, 6.07) is 0. The maximum absolute atomic E-state index is 9.60. The predicted molar refractivity (Wildman–Crippen MR) is 52.5 cm³/mol. The van der Waals surface area contributed by atoms with Gasteiger partial charge in [-0.1, -0.05) is 0 Å². The average Bonchev–Trinajstić information content (AvgIpc) is 2.03. The largest absolute Gasteiger partial charge is 0.396 e. The molecular formula is C10H21NO2. The van der Waals surface area contributed by atoms with Crippen molar-refractivity contribution in [1.82, 2.24) is 4.90 Å². The third kappa shape index (κ3) is 4.07. The molecule has 0 bridgehead atoms. The van der Waals surface area contributed by atoms with Crippen molar-refractivity contribution in [3.63, 3.8) is 0 Å². The van der Waals surface area contributed by atoms with Crippen LogP contribution in [0.5, 0.6) is 0 Å². The first-order chi connectivity index (χ1) is 6.01. The zero-order chi connectivity index (χ0) is 9.90. The minimum absolute atomic E-state index is 0.316. The van der Waals surface area contributed by atoms with Crippen LogP contribution in [-0.2, 0) is 0 Å². The number of likely N-dealkylation sites (tertiary alicyclic amines) is 1.